The maximum atomic E-state index is 12.5. The first-order valence-electron chi connectivity index (χ1n) is 8.29. The van der Waals surface area contributed by atoms with Crippen molar-refractivity contribution in [1.82, 2.24) is 15.1 Å². The van der Waals surface area contributed by atoms with Crippen LogP contribution in [-0.2, 0) is 4.74 Å². The molecule has 0 unspecified atom stereocenters. The van der Waals surface area contributed by atoms with Crippen LogP contribution < -0.4 is 0 Å². The van der Waals surface area contributed by atoms with Crippen LogP contribution >= 0.6 is 0 Å². The van der Waals surface area contributed by atoms with Gasteiger partial charge in [-0.05, 0) is 30.5 Å². The standard InChI is InChI=1S/C20H15N3O4/c1-12(19-22-18(23-27-19)14-6-4-10-21-11-14)26-20(25)16-9-8-13-5-2-3-7-15(13)17(16)24/h2-12,24H,1H3/t12-/m0/s1. The normalized spacial score (nSPS) is 12.0. The molecule has 1 atom stereocenters. The lowest BCUT2D eigenvalue weighted by Gasteiger charge is -2.11. The van der Waals surface area contributed by atoms with Crippen LogP contribution in [0.25, 0.3) is 22.2 Å². The zero-order valence-electron chi connectivity index (χ0n) is 14.4. The summed E-state index contributed by atoms with van der Waals surface area (Å²) in [7, 11) is 0. The highest BCUT2D eigenvalue weighted by Gasteiger charge is 2.22. The van der Waals surface area contributed by atoms with Crippen molar-refractivity contribution in [2.75, 3.05) is 0 Å². The third kappa shape index (κ3) is 3.22. The maximum absolute atomic E-state index is 12.5. The van der Waals surface area contributed by atoms with Crippen molar-refractivity contribution in [3.8, 4) is 17.1 Å². The number of phenolic OH excluding ortho intramolecular Hbond substituents is 1. The average molecular weight is 361 g/mol. The van der Waals surface area contributed by atoms with Crippen molar-refractivity contribution >= 4 is 16.7 Å². The number of phenols is 1. The van der Waals surface area contributed by atoms with Crippen LogP contribution in [0.2, 0.25) is 0 Å². The van der Waals surface area contributed by atoms with Gasteiger partial charge in [-0.3, -0.25) is 4.98 Å². The van der Waals surface area contributed by atoms with E-state index in [1.54, 1.807) is 49.6 Å². The molecular weight excluding hydrogens is 346 g/mol. The highest BCUT2D eigenvalue weighted by Crippen LogP contribution is 2.30. The van der Waals surface area contributed by atoms with Crippen LogP contribution in [0.1, 0.15) is 29.3 Å². The second-order valence-corrected chi connectivity index (χ2v) is 5.93. The summed E-state index contributed by atoms with van der Waals surface area (Å²) in [6, 6.07) is 14.1. The van der Waals surface area contributed by atoms with Crippen molar-refractivity contribution in [1.29, 1.82) is 0 Å². The van der Waals surface area contributed by atoms with E-state index in [0.29, 0.717) is 16.8 Å². The number of esters is 1. The van der Waals surface area contributed by atoms with Crippen LogP contribution in [0, 0.1) is 0 Å². The number of carbonyl (C=O) groups excluding carboxylic acids is 1. The highest BCUT2D eigenvalue weighted by atomic mass is 16.6. The van der Waals surface area contributed by atoms with E-state index in [9.17, 15) is 9.90 Å². The van der Waals surface area contributed by atoms with Gasteiger partial charge in [0.15, 0.2) is 6.10 Å². The molecule has 134 valence electrons. The molecule has 0 aliphatic heterocycles. The van der Waals surface area contributed by atoms with Crippen molar-refractivity contribution in [3.05, 3.63) is 72.4 Å². The fraction of sp³-hybridized carbons (Fsp3) is 0.100. The van der Waals surface area contributed by atoms with Gasteiger partial charge in [-0.1, -0.05) is 35.5 Å². The predicted octanol–water partition coefficient (Wildman–Crippen LogP) is 3.91. The zero-order chi connectivity index (χ0) is 18.8. The minimum atomic E-state index is -0.777. The molecule has 2 heterocycles. The SMILES string of the molecule is C[C@H](OC(=O)c1ccc2ccccc2c1O)c1nc(-c2cccnc2)no1. The molecule has 0 spiro atoms. The molecule has 0 bridgehead atoms. The molecule has 0 fully saturated rings. The molecule has 2 aromatic heterocycles. The molecular formula is C20H15N3O4. The Balaban J connectivity index is 1.55. The van der Waals surface area contributed by atoms with Crippen molar-refractivity contribution in [2.24, 2.45) is 0 Å². The maximum Gasteiger partial charge on any atom is 0.342 e. The molecule has 7 heteroatoms. The fourth-order valence-corrected chi connectivity index (χ4v) is 2.71. The number of nitrogens with zero attached hydrogens (tertiary/aromatic N) is 3. The summed E-state index contributed by atoms with van der Waals surface area (Å²) in [4.78, 5) is 20.7. The van der Waals surface area contributed by atoms with Gasteiger partial charge in [-0.2, -0.15) is 4.98 Å². The van der Waals surface area contributed by atoms with E-state index in [1.807, 2.05) is 12.1 Å². The van der Waals surface area contributed by atoms with Gasteiger partial charge in [-0.25, -0.2) is 4.79 Å². The van der Waals surface area contributed by atoms with Crippen LogP contribution in [-0.4, -0.2) is 26.2 Å². The fourth-order valence-electron chi connectivity index (χ4n) is 2.71. The van der Waals surface area contributed by atoms with Crippen molar-refractivity contribution in [3.63, 3.8) is 0 Å². The van der Waals surface area contributed by atoms with Gasteiger partial charge in [0.2, 0.25) is 5.82 Å². The summed E-state index contributed by atoms with van der Waals surface area (Å²) >= 11 is 0. The summed E-state index contributed by atoms with van der Waals surface area (Å²) in [6.07, 6.45) is 2.48. The summed E-state index contributed by atoms with van der Waals surface area (Å²) in [5.74, 6) is -0.282. The number of pyridine rings is 1. The first-order chi connectivity index (χ1) is 13.1. The Kier molecular flexibility index (Phi) is 4.25. The molecule has 1 N–H and O–H groups in total. The van der Waals surface area contributed by atoms with Crippen molar-refractivity contribution < 1.29 is 19.2 Å². The van der Waals surface area contributed by atoms with Crippen LogP contribution in [0.15, 0.2) is 65.4 Å². The molecule has 2 aromatic carbocycles. The number of ether oxygens (including phenoxy) is 1. The van der Waals surface area contributed by atoms with Gasteiger partial charge in [0.1, 0.15) is 11.3 Å². The number of benzene rings is 2. The third-order valence-corrected chi connectivity index (χ3v) is 4.11. The Morgan fingerprint density at radius 3 is 2.81 bits per heavy atom. The number of aromatic hydroxyl groups is 1. The van der Waals surface area contributed by atoms with Gasteiger partial charge in [0.05, 0.1) is 0 Å². The minimum Gasteiger partial charge on any atom is -0.506 e. The van der Waals surface area contributed by atoms with Crippen molar-refractivity contribution in [2.45, 2.75) is 13.0 Å². The molecule has 0 aliphatic rings. The average Bonchev–Trinajstić information content (AvgIpc) is 3.19. The van der Waals surface area contributed by atoms with Gasteiger partial charge in [-0.15, -0.1) is 0 Å². The number of aromatic nitrogens is 3. The number of hydrogen-bond acceptors (Lipinski definition) is 7. The van der Waals surface area contributed by atoms with E-state index in [1.165, 1.54) is 6.07 Å². The molecule has 0 amide bonds. The lowest BCUT2D eigenvalue weighted by molar-refractivity contribution is 0.0262. The first-order valence-corrected chi connectivity index (χ1v) is 8.29. The Labute approximate surface area is 154 Å². The summed E-state index contributed by atoms with van der Waals surface area (Å²) in [5.41, 5.74) is 0.769. The van der Waals surface area contributed by atoms with Gasteiger partial charge >= 0.3 is 5.97 Å². The van der Waals surface area contributed by atoms with E-state index in [0.717, 1.165) is 5.39 Å². The molecule has 0 radical (unpaired) electrons. The van der Waals surface area contributed by atoms with Gasteiger partial charge in [0.25, 0.3) is 5.89 Å². The first kappa shape index (κ1) is 16.7. The Morgan fingerprint density at radius 1 is 1.15 bits per heavy atom. The predicted molar refractivity (Wildman–Crippen MR) is 97.0 cm³/mol. The quantitative estimate of drug-likeness (QED) is 0.550. The molecule has 0 aliphatic carbocycles. The number of hydrogen-bond donors (Lipinski definition) is 1. The number of rotatable bonds is 4. The van der Waals surface area contributed by atoms with Gasteiger partial charge in [0, 0.05) is 23.3 Å². The topological polar surface area (TPSA) is 98.3 Å². The Morgan fingerprint density at radius 2 is 2.00 bits per heavy atom. The Hall–Kier alpha value is -3.74. The monoisotopic (exact) mass is 361 g/mol. The lowest BCUT2D eigenvalue weighted by Crippen LogP contribution is -2.10. The molecule has 4 aromatic rings. The summed E-state index contributed by atoms with van der Waals surface area (Å²) in [6.45, 7) is 1.62. The molecule has 0 saturated carbocycles. The van der Waals surface area contributed by atoms with Crippen LogP contribution in [0.4, 0.5) is 0 Å². The van der Waals surface area contributed by atoms with E-state index in [2.05, 4.69) is 15.1 Å². The minimum absolute atomic E-state index is 0.0764. The van der Waals surface area contributed by atoms with Crippen LogP contribution in [0.5, 0.6) is 5.75 Å². The van der Waals surface area contributed by atoms with Crippen LogP contribution in [0.3, 0.4) is 0 Å². The largest absolute Gasteiger partial charge is 0.506 e. The van der Waals surface area contributed by atoms with E-state index >= 15 is 0 Å². The molecule has 27 heavy (non-hydrogen) atoms. The second-order valence-electron chi connectivity index (χ2n) is 5.93. The zero-order valence-corrected chi connectivity index (χ0v) is 14.4. The highest BCUT2D eigenvalue weighted by molar-refractivity contribution is 6.01. The number of fused-ring (bicyclic) bond motifs is 1. The molecule has 4 rings (SSSR count). The third-order valence-electron chi connectivity index (χ3n) is 4.11. The number of carbonyl (C=O) groups is 1. The molecule has 0 saturated heterocycles. The molecule has 7 nitrogen and oxygen atoms in total. The van der Waals surface area contributed by atoms with E-state index in [4.69, 9.17) is 9.26 Å². The summed E-state index contributed by atoms with van der Waals surface area (Å²) in [5, 5.41) is 15.7. The van der Waals surface area contributed by atoms with E-state index in [-0.39, 0.29) is 17.2 Å². The second kappa shape index (κ2) is 6.87. The lowest BCUT2D eigenvalue weighted by atomic mass is 10.1. The van der Waals surface area contributed by atoms with E-state index < -0.39 is 12.1 Å². The van der Waals surface area contributed by atoms with Gasteiger partial charge < -0.3 is 14.4 Å². The Bertz CT molecular complexity index is 1110. The smallest absolute Gasteiger partial charge is 0.342 e. The summed E-state index contributed by atoms with van der Waals surface area (Å²) < 4.78 is 10.6.